The molecule has 0 bridgehead atoms. The largest absolute Gasteiger partial charge is 0.317 e. The van der Waals surface area contributed by atoms with Gasteiger partial charge in [-0.25, -0.2) is 0 Å². The molecule has 2 rings (SSSR count). The minimum absolute atomic E-state index is 0.626. The molecule has 0 saturated carbocycles. The van der Waals surface area contributed by atoms with Gasteiger partial charge in [0.05, 0.1) is 5.52 Å². The summed E-state index contributed by atoms with van der Waals surface area (Å²) in [6, 6.07) is 11.2. The number of benzene rings is 1. The molecule has 0 saturated heterocycles. The van der Waals surface area contributed by atoms with Crippen molar-refractivity contribution in [3.05, 3.63) is 42.1 Å². The number of nitrogens with zero attached hydrogens (tertiary/aromatic N) is 1. The Morgan fingerprint density at radius 1 is 1.22 bits per heavy atom. The van der Waals surface area contributed by atoms with E-state index in [1.807, 2.05) is 12.3 Å². The highest BCUT2D eigenvalue weighted by atomic mass is 14.9. The van der Waals surface area contributed by atoms with Gasteiger partial charge < -0.3 is 5.32 Å². The summed E-state index contributed by atoms with van der Waals surface area (Å²) in [5, 5.41) is 4.63. The molecule has 0 aliphatic heterocycles. The van der Waals surface area contributed by atoms with Crippen LogP contribution in [0.15, 0.2) is 36.5 Å². The van der Waals surface area contributed by atoms with Crippen molar-refractivity contribution < 1.29 is 0 Å². The molecule has 0 radical (unpaired) electrons. The Bertz CT molecular complexity index is 493. The van der Waals surface area contributed by atoms with Crippen molar-refractivity contribution in [3.63, 3.8) is 0 Å². The van der Waals surface area contributed by atoms with Crippen molar-refractivity contribution >= 4 is 10.9 Å². The van der Waals surface area contributed by atoms with Crippen LogP contribution in [0.25, 0.3) is 10.9 Å². The van der Waals surface area contributed by atoms with Gasteiger partial charge in [0.2, 0.25) is 0 Å². The number of fused-ring (bicyclic) bond motifs is 1. The molecule has 1 N–H and O–H groups in total. The highest BCUT2D eigenvalue weighted by Gasteiger charge is 2.05. The van der Waals surface area contributed by atoms with E-state index in [1.54, 1.807) is 0 Å². The zero-order valence-corrected chi connectivity index (χ0v) is 11.3. The molecule has 1 aromatic heterocycles. The second kappa shape index (κ2) is 6.50. The first kappa shape index (κ1) is 13.0. The predicted molar refractivity (Wildman–Crippen MR) is 77.8 cm³/mol. The summed E-state index contributed by atoms with van der Waals surface area (Å²) in [4.78, 5) is 4.51. The number of aryl methyl sites for hydroxylation is 1. The second-order valence-corrected chi connectivity index (χ2v) is 4.85. The van der Waals surface area contributed by atoms with Gasteiger partial charge in [0.15, 0.2) is 0 Å². The van der Waals surface area contributed by atoms with E-state index >= 15 is 0 Å². The molecule has 2 nitrogen and oxygen atoms in total. The van der Waals surface area contributed by atoms with Gasteiger partial charge in [0.25, 0.3) is 0 Å². The Morgan fingerprint density at radius 3 is 2.83 bits per heavy atom. The molecule has 0 aliphatic rings. The number of hydrogen-bond donors (Lipinski definition) is 1. The predicted octanol–water partition coefficient (Wildman–Crippen LogP) is 3.56. The third-order valence-electron chi connectivity index (χ3n) is 3.47. The highest BCUT2D eigenvalue weighted by Crippen LogP contribution is 2.15. The number of rotatable bonds is 6. The van der Waals surface area contributed by atoms with Crippen LogP contribution in [0, 0.1) is 0 Å². The van der Waals surface area contributed by atoms with Crippen molar-refractivity contribution in [2.75, 3.05) is 7.05 Å². The summed E-state index contributed by atoms with van der Waals surface area (Å²) >= 11 is 0. The molecule has 18 heavy (non-hydrogen) atoms. The summed E-state index contributed by atoms with van der Waals surface area (Å²) < 4.78 is 0. The van der Waals surface area contributed by atoms with Crippen molar-refractivity contribution in [1.29, 1.82) is 0 Å². The fourth-order valence-corrected chi connectivity index (χ4v) is 2.38. The maximum absolute atomic E-state index is 4.51. The number of nitrogens with one attached hydrogen (secondary N) is 1. The Kier molecular flexibility index (Phi) is 4.71. The van der Waals surface area contributed by atoms with Gasteiger partial charge in [0, 0.05) is 17.6 Å². The highest BCUT2D eigenvalue weighted by molar-refractivity contribution is 5.78. The zero-order chi connectivity index (χ0) is 12.8. The zero-order valence-electron chi connectivity index (χ0n) is 11.3. The quantitative estimate of drug-likeness (QED) is 0.838. The molecule has 1 unspecified atom stereocenters. The van der Waals surface area contributed by atoms with Crippen LogP contribution in [0.1, 0.15) is 31.7 Å². The van der Waals surface area contributed by atoms with Gasteiger partial charge >= 0.3 is 0 Å². The minimum atomic E-state index is 0.626. The first-order valence-electron chi connectivity index (χ1n) is 6.84. The smallest absolute Gasteiger partial charge is 0.0702 e. The van der Waals surface area contributed by atoms with Crippen molar-refractivity contribution in [2.24, 2.45) is 0 Å². The summed E-state index contributed by atoms with van der Waals surface area (Å²) in [6.07, 6.45) is 6.79. The molecule has 2 heteroatoms. The maximum Gasteiger partial charge on any atom is 0.0702 e. The summed E-state index contributed by atoms with van der Waals surface area (Å²) in [5.41, 5.74) is 2.42. The monoisotopic (exact) mass is 242 g/mol. The Hall–Kier alpha value is -1.41. The summed E-state index contributed by atoms with van der Waals surface area (Å²) in [5.74, 6) is 0. The number of para-hydroxylation sites is 1. The van der Waals surface area contributed by atoms with E-state index in [-0.39, 0.29) is 0 Å². The van der Waals surface area contributed by atoms with Crippen molar-refractivity contribution in [1.82, 2.24) is 10.3 Å². The van der Waals surface area contributed by atoms with Crippen LogP contribution in [-0.2, 0) is 6.42 Å². The van der Waals surface area contributed by atoms with Crippen LogP contribution in [-0.4, -0.2) is 18.1 Å². The van der Waals surface area contributed by atoms with Gasteiger partial charge in [-0.3, -0.25) is 4.98 Å². The van der Waals surface area contributed by atoms with Gasteiger partial charge in [-0.1, -0.05) is 31.5 Å². The molecule has 2 aromatic rings. The fraction of sp³-hybridized carbons (Fsp3) is 0.438. The molecular formula is C16H22N2. The van der Waals surface area contributed by atoms with E-state index in [2.05, 4.69) is 48.5 Å². The van der Waals surface area contributed by atoms with E-state index in [0.29, 0.717) is 6.04 Å². The Morgan fingerprint density at radius 2 is 2.06 bits per heavy atom. The molecule has 0 amide bonds. The topological polar surface area (TPSA) is 24.9 Å². The molecule has 0 spiro atoms. The van der Waals surface area contributed by atoms with Gasteiger partial charge in [0.1, 0.15) is 0 Å². The average molecular weight is 242 g/mol. The van der Waals surface area contributed by atoms with E-state index in [1.165, 1.54) is 30.2 Å². The second-order valence-electron chi connectivity index (χ2n) is 4.85. The molecule has 1 atom stereocenters. The third-order valence-corrected chi connectivity index (χ3v) is 3.47. The number of hydrogen-bond acceptors (Lipinski definition) is 2. The first-order chi connectivity index (χ1) is 8.83. The van der Waals surface area contributed by atoms with Crippen molar-refractivity contribution in [2.45, 2.75) is 38.6 Å². The standard InChI is InChI=1S/C16H22N2/c1-3-6-15(17-2)10-9-13-11-14-7-4-5-8-16(14)18-12-13/h4-5,7-8,11-12,15,17H,3,6,9-10H2,1-2H3. The Labute approximate surface area is 109 Å². The summed E-state index contributed by atoms with van der Waals surface area (Å²) in [7, 11) is 2.05. The van der Waals surface area contributed by atoms with Crippen LogP contribution < -0.4 is 5.32 Å². The number of pyridine rings is 1. The molecule has 96 valence electrons. The lowest BCUT2D eigenvalue weighted by atomic mass is 10.0. The maximum atomic E-state index is 4.51. The van der Waals surface area contributed by atoms with Crippen LogP contribution in [0.4, 0.5) is 0 Å². The van der Waals surface area contributed by atoms with Crippen LogP contribution in [0.2, 0.25) is 0 Å². The van der Waals surface area contributed by atoms with Crippen molar-refractivity contribution in [3.8, 4) is 0 Å². The van der Waals surface area contributed by atoms with Gasteiger partial charge in [-0.05, 0) is 44.0 Å². The molecule has 1 heterocycles. The lowest BCUT2D eigenvalue weighted by molar-refractivity contribution is 0.484. The lowest BCUT2D eigenvalue weighted by Crippen LogP contribution is -2.25. The number of aromatic nitrogens is 1. The molecule has 0 aliphatic carbocycles. The normalized spacial score (nSPS) is 12.8. The molecule has 0 fully saturated rings. The summed E-state index contributed by atoms with van der Waals surface area (Å²) in [6.45, 7) is 2.24. The first-order valence-corrected chi connectivity index (χ1v) is 6.84. The van der Waals surface area contributed by atoms with E-state index in [0.717, 1.165) is 11.9 Å². The van der Waals surface area contributed by atoms with E-state index in [4.69, 9.17) is 0 Å². The van der Waals surface area contributed by atoms with Crippen LogP contribution >= 0.6 is 0 Å². The van der Waals surface area contributed by atoms with Crippen LogP contribution in [0.3, 0.4) is 0 Å². The van der Waals surface area contributed by atoms with Gasteiger partial charge in [-0.2, -0.15) is 0 Å². The van der Waals surface area contributed by atoms with E-state index < -0.39 is 0 Å². The van der Waals surface area contributed by atoms with E-state index in [9.17, 15) is 0 Å². The minimum Gasteiger partial charge on any atom is -0.317 e. The Balaban J connectivity index is 2.03. The molecule has 1 aromatic carbocycles. The average Bonchev–Trinajstić information content (AvgIpc) is 2.43. The fourth-order valence-electron chi connectivity index (χ4n) is 2.38. The van der Waals surface area contributed by atoms with Crippen LogP contribution in [0.5, 0.6) is 0 Å². The molecular weight excluding hydrogens is 220 g/mol. The lowest BCUT2D eigenvalue weighted by Gasteiger charge is -2.14. The SMILES string of the molecule is CCCC(CCc1cnc2ccccc2c1)NC. The van der Waals surface area contributed by atoms with Gasteiger partial charge in [-0.15, -0.1) is 0 Å². The third kappa shape index (κ3) is 3.30.